The van der Waals surface area contributed by atoms with E-state index in [0.717, 1.165) is 33.0 Å². The first-order valence-corrected chi connectivity index (χ1v) is 9.16. The topological polar surface area (TPSA) is 65.6 Å². The highest BCUT2D eigenvalue weighted by molar-refractivity contribution is 7.97. The highest BCUT2D eigenvalue weighted by atomic mass is 32.2. The van der Waals surface area contributed by atoms with E-state index in [4.69, 9.17) is 0 Å². The Morgan fingerprint density at radius 2 is 1.88 bits per heavy atom. The molecule has 4 aromatic rings. The second kappa shape index (κ2) is 7.19. The monoisotopic (exact) mass is 361 g/mol. The molecule has 0 atom stereocenters. The summed E-state index contributed by atoms with van der Waals surface area (Å²) in [6.45, 7) is 2.11. The molecule has 0 aliphatic carbocycles. The molecule has 2 heterocycles. The molecule has 0 radical (unpaired) electrons. The molecule has 0 spiro atoms. The predicted molar refractivity (Wildman–Crippen MR) is 109 cm³/mol. The van der Waals surface area contributed by atoms with Crippen molar-refractivity contribution in [1.82, 2.24) is 19.7 Å². The Labute approximate surface area is 156 Å². The largest absolute Gasteiger partial charge is 0.345 e. The number of nitrogens with zero attached hydrogens (tertiary/aromatic N) is 2. The summed E-state index contributed by atoms with van der Waals surface area (Å²) in [6, 6.07) is 16.6. The lowest BCUT2D eigenvalue weighted by Crippen LogP contribution is -1.97. The van der Waals surface area contributed by atoms with Gasteiger partial charge in [-0.3, -0.25) is 4.72 Å². The van der Waals surface area contributed by atoms with Crippen LogP contribution in [0.2, 0.25) is 0 Å². The summed E-state index contributed by atoms with van der Waals surface area (Å²) in [4.78, 5) is 13.3. The van der Waals surface area contributed by atoms with Crippen molar-refractivity contribution in [3.63, 3.8) is 0 Å². The third-order valence-electron chi connectivity index (χ3n) is 4.22. The molecular weight excluding hydrogens is 342 g/mol. The van der Waals surface area contributed by atoms with Crippen molar-refractivity contribution in [1.29, 1.82) is 0 Å². The van der Waals surface area contributed by atoms with E-state index in [1.165, 1.54) is 11.1 Å². The zero-order chi connectivity index (χ0) is 17.9. The summed E-state index contributed by atoms with van der Waals surface area (Å²) < 4.78 is 3.10. The van der Waals surface area contributed by atoms with Gasteiger partial charge in [-0.05, 0) is 55.2 Å². The molecule has 26 heavy (non-hydrogen) atoms. The van der Waals surface area contributed by atoms with Gasteiger partial charge in [-0.1, -0.05) is 30.3 Å². The van der Waals surface area contributed by atoms with Gasteiger partial charge in [-0.2, -0.15) is 0 Å². The minimum absolute atomic E-state index is 0.793. The van der Waals surface area contributed by atoms with Crippen LogP contribution in [0.4, 0.5) is 11.5 Å². The lowest BCUT2D eigenvalue weighted by atomic mass is 10.0. The third kappa shape index (κ3) is 3.16. The van der Waals surface area contributed by atoms with Crippen molar-refractivity contribution in [2.75, 3.05) is 12.4 Å². The number of anilines is 2. The normalized spacial score (nSPS) is 11.0. The fourth-order valence-electron chi connectivity index (χ4n) is 3.04. The summed E-state index contributed by atoms with van der Waals surface area (Å²) in [6.07, 6.45) is 3.58. The molecule has 0 aliphatic heterocycles. The zero-order valence-electron chi connectivity index (χ0n) is 14.6. The second-order valence-corrected chi connectivity index (χ2v) is 7.01. The van der Waals surface area contributed by atoms with Crippen molar-refractivity contribution in [3.05, 3.63) is 66.6 Å². The molecule has 4 rings (SSSR count). The predicted octanol–water partition coefficient (Wildman–Crippen LogP) is 4.90. The van der Waals surface area contributed by atoms with E-state index >= 15 is 0 Å². The average molecular weight is 361 g/mol. The highest BCUT2D eigenvalue weighted by Crippen LogP contribution is 2.34. The van der Waals surface area contributed by atoms with Gasteiger partial charge >= 0.3 is 0 Å². The van der Waals surface area contributed by atoms with Crippen LogP contribution in [0.1, 0.15) is 5.56 Å². The number of H-pyrrole nitrogens is 1. The summed E-state index contributed by atoms with van der Waals surface area (Å²) in [5.41, 5.74) is 5.30. The fraction of sp³-hybridized carbons (Fsp3) is 0.100. The number of hydrogen-bond donors (Lipinski definition) is 3. The number of aromatic nitrogens is 3. The van der Waals surface area contributed by atoms with Crippen molar-refractivity contribution in [3.8, 4) is 11.1 Å². The van der Waals surface area contributed by atoms with Crippen LogP contribution in [0.3, 0.4) is 0 Å². The number of hydrogen-bond acceptors (Lipinski definition) is 5. The number of benzene rings is 2. The smallest absolute Gasteiger partial charge is 0.143 e. The molecule has 130 valence electrons. The summed E-state index contributed by atoms with van der Waals surface area (Å²) in [5.74, 6) is 0.793. The van der Waals surface area contributed by atoms with Crippen molar-refractivity contribution in [2.24, 2.45) is 0 Å². The van der Waals surface area contributed by atoms with E-state index in [1.807, 2.05) is 31.4 Å². The minimum atomic E-state index is 0.793. The van der Waals surface area contributed by atoms with Gasteiger partial charge in [-0.25, -0.2) is 9.97 Å². The van der Waals surface area contributed by atoms with E-state index in [-0.39, 0.29) is 0 Å². The van der Waals surface area contributed by atoms with Crippen LogP contribution in [-0.4, -0.2) is 22.0 Å². The molecule has 2 aromatic carbocycles. The maximum absolute atomic E-state index is 4.50. The number of aromatic amines is 1. The van der Waals surface area contributed by atoms with Gasteiger partial charge in [-0.15, -0.1) is 0 Å². The number of rotatable bonds is 5. The molecule has 2 aromatic heterocycles. The van der Waals surface area contributed by atoms with E-state index in [9.17, 15) is 0 Å². The molecule has 0 aliphatic rings. The molecule has 0 bridgehead atoms. The Morgan fingerprint density at radius 1 is 1.00 bits per heavy atom. The van der Waals surface area contributed by atoms with Gasteiger partial charge in [0, 0.05) is 22.3 Å². The van der Waals surface area contributed by atoms with E-state index in [1.54, 1.807) is 18.3 Å². The van der Waals surface area contributed by atoms with Gasteiger partial charge in [0.2, 0.25) is 0 Å². The average Bonchev–Trinajstić information content (AvgIpc) is 3.08. The van der Waals surface area contributed by atoms with Crippen LogP contribution in [0.15, 0.2) is 66.0 Å². The second-order valence-electron chi connectivity index (χ2n) is 5.92. The van der Waals surface area contributed by atoms with Gasteiger partial charge in [0.25, 0.3) is 0 Å². The molecule has 5 nitrogen and oxygen atoms in total. The maximum Gasteiger partial charge on any atom is 0.143 e. The summed E-state index contributed by atoms with van der Waals surface area (Å²) in [5, 5.41) is 4.44. The first-order chi connectivity index (χ1) is 12.8. The standard InChI is InChI=1S/C20H19N5S/c1-13-6-3-4-9-16(13)17-11-22-19-18(17)20(24-12-23-19)25-14-7-5-8-15(10-14)26-21-2/h3-12,21H,1-2H3,(H2,22,23,24,25). The Kier molecular flexibility index (Phi) is 4.60. The molecule has 3 N–H and O–H groups in total. The van der Waals surface area contributed by atoms with Crippen molar-refractivity contribution < 1.29 is 0 Å². The third-order valence-corrected chi connectivity index (χ3v) is 4.92. The van der Waals surface area contributed by atoms with Crippen LogP contribution < -0.4 is 10.0 Å². The molecule has 0 amide bonds. The zero-order valence-corrected chi connectivity index (χ0v) is 15.4. The van der Waals surface area contributed by atoms with Crippen molar-refractivity contribution in [2.45, 2.75) is 11.8 Å². The van der Waals surface area contributed by atoms with E-state index in [0.29, 0.717) is 0 Å². The number of fused-ring (bicyclic) bond motifs is 1. The molecule has 0 saturated carbocycles. The number of aryl methyl sites for hydroxylation is 1. The minimum Gasteiger partial charge on any atom is -0.345 e. The molecule has 0 fully saturated rings. The van der Waals surface area contributed by atoms with Crippen LogP contribution in [0.25, 0.3) is 22.2 Å². The molecular formula is C20H19N5S. The summed E-state index contributed by atoms with van der Waals surface area (Å²) >= 11 is 1.58. The Morgan fingerprint density at radius 3 is 2.73 bits per heavy atom. The van der Waals surface area contributed by atoms with Crippen LogP contribution in [0, 0.1) is 6.92 Å². The van der Waals surface area contributed by atoms with Gasteiger partial charge in [0.15, 0.2) is 0 Å². The van der Waals surface area contributed by atoms with Gasteiger partial charge in [0.05, 0.1) is 5.39 Å². The molecule has 6 heteroatoms. The first-order valence-electron chi connectivity index (χ1n) is 8.35. The Balaban J connectivity index is 1.80. The Hall–Kier alpha value is -2.83. The summed E-state index contributed by atoms with van der Waals surface area (Å²) in [7, 11) is 1.91. The number of nitrogens with one attached hydrogen (secondary N) is 3. The fourth-order valence-corrected chi connectivity index (χ4v) is 3.61. The van der Waals surface area contributed by atoms with Gasteiger partial charge in [0.1, 0.15) is 17.8 Å². The maximum atomic E-state index is 4.50. The first kappa shape index (κ1) is 16.6. The Bertz CT molecular complexity index is 1060. The molecule has 0 saturated heterocycles. The van der Waals surface area contributed by atoms with Gasteiger partial charge < -0.3 is 10.3 Å². The van der Waals surface area contributed by atoms with Crippen LogP contribution in [-0.2, 0) is 0 Å². The van der Waals surface area contributed by atoms with E-state index < -0.39 is 0 Å². The lowest BCUT2D eigenvalue weighted by molar-refractivity contribution is 1.20. The van der Waals surface area contributed by atoms with E-state index in [2.05, 4.69) is 62.2 Å². The van der Waals surface area contributed by atoms with Crippen molar-refractivity contribution >= 4 is 34.5 Å². The van der Waals surface area contributed by atoms with Crippen LogP contribution in [0.5, 0.6) is 0 Å². The quantitative estimate of drug-likeness (QED) is 0.441. The lowest BCUT2D eigenvalue weighted by Gasteiger charge is -2.10. The SMILES string of the molecule is CNSc1cccc(Nc2ncnc3[nH]cc(-c4ccccc4C)c23)c1. The molecule has 0 unspecified atom stereocenters. The van der Waals surface area contributed by atoms with Crippen LogP contribution >= 0.6 is 11.9 Å². The highest BCUT2D eigenvalue weighted by Gasteiger charge is 2.14.